The van der Waals surface area contributed by atoms with Crippen molar-refractivity contribution in [1.82, 2.24) is 19.8 Å². The first-order valence-electron chi connectivity index (χ1n) is 16.1. The average molecular weight is 679 g/mol. The molecule has 1 saturated heterocycles. The van der Waals surface area contributed by atoms with E-state index in [0.29, 0.717) is 64.9 Å². The summed E-state index contributed by atoms with van der Waals surface area (Å²) in [5.74, 6) is -0.436. The molecule has 0 aliphatic carbocycles. The third kappa shape index (κ3) is 5.64. The molecule has 1 fully saturated rings. The van der Waals surface area contributed by atoms with Crippen LogP contribution in [0.1, 0.15) is 32.5 Å². The Hall–Kier alpha value is -5.39. The van der Waals surface area contributed by atoms with Crippen LogP contribution in [0.3, 0.4) is 0 Å². The summed E-state index contributed by atoms with van der Waals surface area (Å²) in [6.07, 6.45) is -0.417. The Kier molecular flexibility index (Phi) is 7.73. The molecule has 0 saturated carbocycles. The summed E-state index contributed by atoms with van der Waals surface area (Å²) in [6, 6.07) is 22.5. The maximum Gasteiger partial charge on any atom is 0.415 e. The average Bonchev–Trinajstić information content (AvgIpc) is 3.83. The highest BCUT2D eigenvalue weighted by Crippen LogP contribution is 2.46. The Morgan fingerprint density at radius 3 is 2.35 bits per heavy atom. The molecule has 248 valence electrons. The first kappa shape index (κ1) is 30.9. The van der Waals surface area contributed by atoms with Gasteiger partial charge in [0.15, 0.2) is 0 Å². The number of H-pyrrole nitrogens is 2. The zero-order valence-corrected chi connectivity index (χ0v) is 27.3. The molecule has 4 heterocycles. The van der Waals surface area contributed by atoms with Gasteiger partial charge in [-0.05, 0) is 66.5 Å². The number of carbonyl (C=O) groups is 3. The fourth-order valence-electron chi connectivity index (χ4n) is 6.86. The molecule has 0 bridgehead atoms. The van der Waals surface area contributed by atoms with E-state index in [4.69, 9.17) is 16.3 Å². The number of aromatic amines is 2. The van der Waals surface area contributed by atoms with Gasteiger partial charge in [0.2, 0.25) is 0 Å². The molecule has 3 amide bonds. The van der Waals surface area contributed by atoms with E-state index in [1.165, 1.54) is 12.1 Å². The van der Waals surface area contributed by atoms with Crippen molar-refractivity contribution in [2.45, 2.75) is 5.92 Å². The number of benzene rings is 4. The van der Waals surface area contributed by atoms with Gasteiger partial charge in [-0.1, -0.05) is 24.3 Å². The van der Waals surface area contributed by atoms with Gasteiger partial charge in [0, 0.05) is 83.5 Å². The quantitative estimate of drug-likeness (QED) is 0.171. The van der Waals surface area contributed by atoms with Gasteiger partial charge in [-0.15, -0.1) is 11.6 Å². The van der Waals surface area contributed by atoms with Crippen LogP contribution in [0, 0.1) is 5.82 Å². The highest BCUT2D eigenvalue weighted by atomic mass is 35.5. The lowest BCUT2D eigenvalue weighted by Gasteiger charge is -2.31. The lowest BCUT2D eigenvalue weighted by atomic mass is 9.95. The predicted octanol–water partition coefficient (Wildman–Crippen LogP) is 6.92. The molecule has 0 radical (unpaired) electrons. The molecule has 2 aromatic heterocycles. The summed E-state index contributed by atoms with van der Waals surface area (Å²) >= 11 is 6.49. The van der Waals surface area contributed by atoms with Gasteiger partial charge in [-0.25, -0.2) is 9.18 Å². The molecular weight excluding hydrogens is 647 g/mol. The van der Waals surface area contributed by atoms with Gasteiger partial charge < -0.3 is 34.7 Å². The van der Waals surface area contributed by atoms with Crippen LogP contribution in [0.4, 0.5) is 20.6 Å². The van der Waals surface area contributed by atoms with E-state index in [2.05, 4.69) is 20.2 Å². The number of anilines is 2. The van der Waals surface area contributed by atoms with E-state index < -0.39 is 6.09 Å². The van der Waals surface area contributed by atoms with Gasteiger partial charge in [-0.3, -0.25) is 9.59 Å². The summed E-state index contributed by atoms with van der Waals surface area (Å²) in [6.45, 7) is 3.05. The standard InChI is InChI=1S/C37H32ClFN6O4/c1-43-10-12-44(13-11-43)37(48)49-33-18-32-34(27-5-3-2-4-26(27)33)23(19-38)20-45(32)36(47)31-17-22-15-25(7-9-29(22)42-31)40-35(46)30-16-21-14-24(39)6-8-28(21)41-30/h2-9,14-18,23,41-42H,10-13,19-20H2,1H3,(H,40,46). The number of piperazine rings is 1. The second kappa shape index (κ2) is 12.2. The number of fused-ring (bicyclic) bond motifs is 5. The number of alkyl halides is 1. The number of nitrogens with one attached hydrogen (secondary N) is 3. The Morgan fingerprint density at radius 2 is 1.57 bits per heavy atom. The third-order valence-corrected chi connectivity index (χ3v) is 9.83. The Morgan fingerprint density at radius 1 is 0.878 bits per heavy atom. The van der Waals surface area contributed by atoms with Crippen LogP contribution in [0.15, 0.2) is 78.9 Å². The summed E-state index contributed by atoms with van der Waals surface area (Å²) in [4.78, 5) is 52.2. The van der Waals surface area contributed by atoms with Gasteiger partial charge in [-0.2, -0.15) is 0 Å². The minimum atomic E-state index is -0.417. The number of carbonyl (C=O) groups excluding carboxylic acids is 3. The third-order valence-electron chi connectivity index (χ3n) is 9.46. The molecule has 1 unspecified atom stereocenters. The number of rotatable bonds is 5. The van der Waals surface area contributed by atoms with Crippen LogP contribution >= 0.6 is 11.6 Å². The first-order valence-corrected chi connectivity index (χ1v) is 16.6. The largest absolute Gasteiger partial charge is 0.415 e. The van der Waals surface area contributed by atoms with Gasteiger partial charge >= 0.3 is 6.09 Å². The van der Waals surface area contributed by atoms with E-state index in [1.807, 2.05) is 31.3 Å². The van der Waals surface area contributed by atoms with Crippen molar-refractivity contribution in [1.29, 1.82) is 0 Å². The minimum absolute atomic E-state index is 0.125. The molecule has 1 atom stereocenters. The van der Waals surface area contributed by atoms with Crippen LogP contribution in [0.2, 0.25) is 0 Å². The second-order valence-electron chi connectivity index (χ2n) is 12.6. The Labute approximate surface area is 285 Å². The normalized spacial score (nSPS) is 16.4. The molecule has 3 N–H and O–H groups in total. The predicted molar refractivity (Wildman–Crippen MR) is 189 cm³/mol. The van der Waals surface area contributed by atoms with Crippen molar-refractivity contribution in [3.05, 3.63) is 102 Å². The molecule has 12 heteroatoms. The smallest absolute Gasteiger partial charge is 0.409 e. The number of likely N-dealkylation sites (N-methyl/N-ethyl adjacent to an activating group) is 1. The first-order chi connectivity index (χ1) is 23.7. The van der Waals surface area contributed by atoms with Gasteiger partial charge in [0.1, 0.15) is 23.0 Å². The molecule has 0 spiro atoms. The fraction of sp³-hybridized carbons (Fsp3) is 0.216. The zero-order valence-electron chi connectivity index (χ0n) is 26.6. The summed E-state index contributed by atoms with van der Waals surface area (Å²) in [5.41, 5.74) is 4.17. The van der Waals surface area contributed by atoms with Crippen LogP contribution in [0.5, 0.6) is 5.75 Å². The molecule has 2 aliphatic heterocycles. The molecule has 6 aromatic rings. The lowest BCUT2D eigenvalue weighted by Crippen LogP contribution is -2.48. The maximum atomic E-state index is 14.2. The van der Waals surface area contributed by atoms with Gasteiger partial charge in [0.05, 0.1) is 5.69 Å². The maximum absolute atomic E-state index is 14.2. The number of aromatic nitrogens is 2. The molecular formula is C37H32ClFN6O4. The number of ether oxygens (including phenoxy) is 1. The van der Waals surface area contributed by atoms with Crippen molar-refractivity contribution in [3.8, 4) is 5.75 Å². The minimum Gasteiger partial charge on any atom is -0.409 e. The lowest BCUT2D eigenvalue weighted by molar-refractivity contribution is 0.0982. The van der Waals surface area contributed by atoms with Gasteiger partial charge in [0.25, 0.3) is 11.8 Å². The highest BCUT2D eigenvalue weighted by molar-refractivity contribution is 6.19. The van der Waals surface area contributed by atoms with E-state index in [9.17, 15) is 18.8 Å². The van der Waals surface area contributed by atoms with Crippen molar-refractivity contribution in [2.24, 2.45) is 0 Å². The van der Waals surface area contributed by atoms with E-state index in [-0.39, 0.29) is 23.5 Å². The summed E-state index contributed by atoms with van der Waals surface area (Å²) in [5, 5.41) is 5.88. The topological polar surface area (TPSA) is 114 Å². The molecule has 10 nitrogen and oxygen atoms in total. The van der Waals surface area contributed by atoms with Crippen LogP contribution < -0.4 is 15.0 Å². The SMILES string of the molecule is CN1CCN(C(=O)Oc2cc3c(c4ccccc24)C(CCl)CN3C(=O)c2cc3cc(NC(=O)c4cc5cc(F)ccc5[nH]4)ccc3[nH]2)CC1. The van der Waals surface area contributed by atoms with Crippen LogP contribution in [-0.2, 0) is 0 Å². The summed E-state index contributed by atoms with van der Waals surface area (Å²) < 4.78 is 19.7. The molecule has 2 aliphatic rings. The zero-order chi connectivity index (χ0) is 33.8. The second-order valence-corrected chi connectivity index (χ2v) is 12.9. The fourth-order valence-corrected chi connectivity index (χ4v) is 7.11. The Bertz CT molecular complexity index is 2290. The van der Waals surface area contributed by atoms with E-state index in [1.54, 1.807) is 52.3 Å². The number of nitrogens with zero attached hydrogens (tertiary/aromatic N) is 3. The highest BCUT2D eigenvalue weighted by Gasteiger charge is 2.36. The molecule has 4 aromatic carbocycles. The number of hydrogen-bond acceptors (Lipinski definition) is 5. The van der Waals surface area contributed by atoms with Crippen molar-refractivity contribution in [2.75, 3.05) is 55.9 Å². The number of halogens is 2. The Balaban J connectivity index is 1.08. The molecule has 8 rings (SSSR count). The number of amides is 3. The van der Waals surface area contributed by atoms with Crippen molar-refractivity contribution >= 4 is 73.5 Å². The van der Waals surface area contributed by atoms with Crippen LogP contribution in [0.25, 0.3) is 32.6 Å². The van der Waals surface area contributed by atoms with Crippen LogP contribution in [-0.4, -0.2) is 83.3 Å². The van der Waals surface area contributed by atoms with Crippen molar-refractivity contribution in [3.63, 3.8) is 0 Å². The molecule has 49 heavy (non-hydrogen) atoms. The monoisotopic (exact) mass is 678 g/mol. The van der Waals surface area contributed by atoms with E-state index in [0.717, 1.165) is 40.3 Å². The van der Waals surface area contributed by atoms with E-state index >= 15 is 0 Å². The summed E-state index contributed by atoms with van der Waals surface area (Å²) in [7, 11) is 2.02. The van der Waals surface area contributed by atoms with Crippen molar-refractivity contribution < 1.29 is 23.5 Å². The number of hydrogen-bond donors (Lipinski definition) is 3.